The molecule has 0 aliphatic carbocycles. The maximum Gasteiger partial charge on any atom is 0.438 e. The number of carbonyl (C=O) groups excluding carboxylic acids is 1. The van der Waals surface area contributed by atoms with Crippen LogP contribution >= 0.6 is 0 Å². The first-order valence-electron chi connectivity index (χ1n) is 10.4. The van der Waals surface area contributed by atoms with Crippen LogP contribution in [0.25, 0.3) is 0 Å². The van der Waals surface area contributed by atoms with E-state index >= 15 is 0 Å². The SMILES string of the molecule is CCCCCCC1=NN(C(=O)COc2cc(C)ccc2C(C)C)[C@@](O)(C(F)(F)F)C1. The number of hydrogen-bond donors (Lipinski definition) is 1. The second kappa shape index (κ2) is 9.81. The summed E-state index contributed by atoms with van der Waals surface area (Å²) in [4.78, 5) is 12.6. The van der Waals surface area contributed by atoms with Crippen LogP contribution in [0.15, 0.2) is 23.3 Å². The number of hydrazone groups is 1. The van der Waals surface area contributed by atoms with Gasteiger partial charge in [-0.25, -0.2) is 0 Å². The van der Waals surface area contributed by atoms with Crippen molar-refractivity contribution in [2.75, 3.05) is 6.61 Å². The first-order valence-corrected chi connectivity index (χ1v) is 10.4. The number of amides is 1. The molecule has 1 aromatic rings. The summed E-state index contributed by atoms with van der Waals surface area (Å²) in [5, 5.41) is 14.3. The summed E-state index contributed by atoms with van der Waals surface area (Å²) >= 11 is 0. The van der Waals surface area contributed by atoms with Crippen LogP contribution in [0.5, 0.6) is 5.75 Å². The first-order chi connectivity index (χ1) is 14.0. The fraction of sp³-hybridized carbons (Fsp3) is 0.636. The smallest absolute Gasteiger partial charge is 0.438 e. The predicted molar refractivity (Wildman–Crippen MR) is 109 cm³/mol. The van der Waals surface area contributed by atoms with E-state index in [2.05, 4.69) is 5.10 Å². The third-order valence-electron chi connectivity index (χ3n) is 5.19. The molecule has 1 aliphatic rings. The van der Waals surface area contributed by atoms with Crippen molar-refractivity contribution in [1.29, 1.82) is 0 Å². The third-order valence-corrected chi connectivity index (χ3v) is 5.19. The van der Waals surface area contributed by atoms with E-state index in [0.29, 0.717) is 18.6 Å². The van der Waals surface area contributed by atoms with E-state index in [4.69, 9.17) is 4.74 Å². The Morgan fingerprint density at radius 2 is 2.00 bits per heavy atom. The van der Waals surface area contributed by atoms with E-state index in [-0.39, 0.29) is 16.6 Å². The normalized spacial score (nSPS) is 19.4. The molecule has 0 unspecified atom stereocenters. The lowest BCUT2D eigenvalue weighted by atomic mass is 10.0. The fourth-order valence-electron chi connectivity index (χ4n) is 3.44. The summed E-state index contributed by atoms with van der Waals surface area (Å²) in [6, 6.07) is 5.52. The van der Waals surface area contributed by atoms with Crippen molar-refractivity contribution >= 4 is 11.6 Å². The van der Waals surface area contributed by atoms with Gasteiger partial charge in [0, 0.05) is 12.1 Å². The Balaban J connectivity index is 2.16. The Kier molecular flexibility index (Phi) is 7.91. The van der Waals surface area contributed by atoms with Gasteiger partial charge in [-0.3, -0.25) is 4.79 Å². The van der Waals surface area contributed by atoms with E-state index in [1.807, 2.05) is 39.8 Å². The van der Waals surface area contributed by atoms with Crippen LogP contribution in [0.4, 0.5) is 13.2 Å². The largest absolute Gasteiger partial charge is 0.483 e. The Morgan fingerprint density at radius 3 is 2.60 bits per heavy atom. The minimum absolute atomic E-state index is 0.113. The number of halogens is 3. The van der Waals surface area contributed by atoms with Gasteiger partial charge in [0.25, 0.3) is 11.6 Å². The summed E-state index contributed by atoms with van der Waals surface area (Å²) in [5.41, 5.74) is -1.40. The molecule has 1 aliphatic heterocycles. The minimum atomic E-state index is -5.02. The number of hydrogen-bond acceptors (Lipinski definition) is 4. The lowest BCUT2D eigenvalue weighted by Crippen LogP contribution is -2.57. The van der Waals surface area contributed by atoms with Crippen molar-refractivity contribution in [1.82, 2.24) is 5.01 Å². The molecule has 5 nitrogen and oxygen atoms in total. The van der Waals surface area contributed by atoms with Crippen molar-refractivity contribution in [2.45, 2.75) is 84.0 Å². The molecule has 0 spiro atoms. The number of aliphatic hydroxyl groups is 1. The van der Waals surface area contributed by atoms with Crippen LogP contribution in [0.1, 0.15) is 76.3 Å². The van der Waals surface area contributed by atoms with Gasteiger partial charge in [-0.05, 0) is 42.9 Å². The van der Waals surface area contributed by atoms with Crippen LogP contribution in [0, 0.1) is 6.92 Å². The van der Waals surface area contributed by atoms with Crippen molar-refractivity contribution in [3.05, 3.63) is 29.3 Å². The molecule has 1 heterocycles. The van der Waals surface area contributed by atoms with E-state index < -0.39 is 30.8 Å². The molecule has 0 bridgehead atoms. The summed E-state index contributed by atoms with van der Waals surface area (Å²) in [6.45, 7) is 7.16. The topological polar surface area (TPSA) is 62.1 Å². The lowest BCUT2D eigenvalue weighted by Gasteiger charge is -2.32. The van der Waals surface area contributed by atoms with Gasteiger partial charge in [-0.15, -0.1) is 0 Å². The van der Waals surface area contributed by atoms with Crippen LogP contribution in [-0.2, 0) is 4.79 Å². The summed E-state index contributed by atoms with van der Waals surface area (Å²) in [7, 11) is 0. The maximum atomic E-state index is 13.6. The van der Waals surface area contributed by atoms with Crippen molar-refractivity contribution in [3.8, 4) is 5.75 Å². The zero-order valence-corrected chi connectivity index (χ0v) is 18.1. The number of ether oxygens (including phenoxy) is 1. The van der Waals surface area contributed by atoms with Gasteiger partial charge in [0.1, 0.15) is 5.75 Å². The molecule has 0 aromatic heterocycles. The molecule has 0 saturated heterocycles. The van der Waals surface area contributed by atoms with Gasteiger partial charge in [-0.2, -0.15) is 23.3 Å². The fourth-order valence-corrected chi connectivity index (χ4v) is 3.44. The second-order valence-electron chi connectivity index (χ2n) is 8.16. The van der Waals surface area contributed by atoms with Gasteiger partial charge in [0.05, 0.1) is 0 Å². The Hall–Kier alpha value is -2.09. The number of alkyl halides is 3. The van der Waals surface area contributed by atoms with Gasteiger partial charge in [-0.1, -0.05) is 52.2 Å². The summed E-state index contributed by atoms with van der Waals surface area (Å²) < 4.78 is 46.4. The highest BCUT2D eigenvalue weighted by atomic mass is 19.4. The van der Waals surface area contributed by atoms with E-state index in [9.17, 15) is 23.1 Å². The predicted octanol–water partition coefficient (Wildman–Crippen LogP) is 5.31. The number of rotatable bonds is 9. The molecule has 0 radical (unpaired) electrons. The van der Waals surface area contributed by atoms with Crippen molar-refractivity contribution in [3.63, 3.8) is 0 Å². The Bertz CT molecular complexity index is 777. The van der Waals surface area contributed by atoms with Crippen molar-refractivity contribution < 1.29 is 27.8 Å². The van der Waals surface area contributed by atoms with Gasteiger partial charge in [0.15, 0.2) is 6.61 Å². The molecule has 0 fully saturated rings. The average molecular weight is 428 g/mol. The number of benzene rings is 1. The van der Waals surface area contributed by atoms with Gasteiger partial charge < -0.3 is 9.84 Å². The van der Waals surface area contributed by atoms with E-state index in [1.165, 1.54) is 0 Å². The molecule has 0 saturated carbocycles. The highest BCUT2D eigenvalue weighted by Gasteiger charge is 2.63. The summed E-state index contributed by atoms with van der Waals surface area (Å²) in [5.74, 6) is -0.478. The Labute approximate surface area is 175 Å². The zero-order valence-electron chi connectivity index (χ0n) is 18.1. The summed E-state index contributed by atoms with van der Waals surface area (Å²) in [6.07, 6.45) is -1.93. The molecule has 1 aromatic carbocycles. The third kappa shape index (κ3) is 5.53. The molecular weight excluding hydrogens is 397 g/mol. The molecule has 168 valence electrons. The highest BCUT2D eigenvalue weighted by molar-refractivity contribution is 5.91. The Morgan fingerprint density at radius 1 is 1.30 bits per heavy atom. The van der Waals surface area contributed by atoms with Gasteiger partial charge >= 0.3 is 6.18 Å². The molecule has 1 amide bonds. The number of nitrogens with zero attached hydrogens (tertiary/aromatic N) is 2. The second-order valence-corrected chi connectivity index (χ2v) is 8.16. The number of aryl methyl sites for hydroxylation is 1. The van der Waals surface area contributed by atoms with E-state index in [1.54, 1.807) is 6.07 Å². The zero-order chi connectivity index (χ0) is 22.5. The quantitative estimate of drug-likeness (QED) is 0.543. The van der Waals surface area contributed by atoms with Crippen LogP contribution < -0.4 is 4.74 Å². The standard InChI is InChI=1S/C22H31F3N2O3/c1-5-6-7-8-9-17-13-21(29,22(23,24)25)27(26-17)20(28)14-30-19-12-16(4)10-11-18(19)15(2)3/h10-12,15,29H,5-9,13-14H2,1-4H3/t21-/m0/s1. The average Bonchev–Trinajstić information content (AvgIpc) is 3.01. The van der Waals surface area contributed by atoms with Crippen molar-refractivity contribution in [2.24, 2.45) is 5.10 Å². The van der Waals surface area contributed by atoms with Gasteiger partial charge in [0.2, 0.25) is 0 Å². The molecule has 30 heavy (non-hydrogen) atoms. The number of unbranched alkanes of at least 4 members (excludes halogenated alkanes) is 3. The molecule has 8 heteroatoms. The molecule has 1 atom stereocenters. The first kappa shape index (κ1) is 24.2. The highest BCUT2D eigenvalue weighted by Crippen LogP contribution is 2.41. The monoisotopic (exact) mass is 428 g/mol. The van der Waals surface area contributed by atoms with E-state index in [0.717, 1.165) is 30.4 Å². The van der Waals surface area contributed by atoms with Crippen LogP contribution in [0.3, 0.4) is 0 Å². The van der Waals surface area contributed by atoms with Crippen LogP contribution in [-0.4, -0.2) is 40.2 Å². The molecule has 2 rings (SSSR count). The number of carbonyl (C=O) groups is 1. The lowest BCUT2D eigenvalue weighted by molar-refractivity contribution is -0.302. The van der Waals surface area contributed by atoms with Crippen LogP contribution in [0.2, 0.25) is 0 Å². The molecule has 1 N–H and O–H groups in total. The maximum absolute atomic E-state index is 13.6. The minimum Gasteiger partial charge on any atom is -0.483 e. The molecular formula is C22H31F3N2O3.